The maximum Gasteiger partial charge on any atom is 0.119 e. The van der Waals surface area contributed by atoms with Gasteiger partial charge in [-0.25, -0.2) is 0 Å². The lowest BCUT2D eigenvalue weighted by Crippen LogP contribution is -2.46. The largest absolute Gasteiger partial charge is 0.492 e. The lowest BCUT2D eigenvalue weighted by atomic mass is 10.0. The molecule has 1 aromatic carbocycles. The van der Waals surface area contributed by atoms with Crippen LogP contribution in [0.1, 0.15) is 25.7 Å². The lowest BCUT2D eigenvalue weighted by Gasteiger charge is -2.36. The fourth-order valence-corrected chi connectivity index (χ4v) is 3.40. The van der Waals surface area contributed by atoms with Crippen molar-refractivity contribution in [2.75, 3.05) is 13.2 Å². The highest BCUT2D eigenvalue weighted by molar-refractivity contribution is 5.20. The van der Waals surface area contributed by atoms with Crippen molar-refractivity contribution in [3.05, 3.63) is 30.3 Å². The van der Waals surface area contributed by atoms with Crippen molar-refractivity contribution in [3.63, 3.8) is 0 Å². The third kappa shape index (κ3) is 2.52. The van der Waals surface area contributed by atoms with Gasteiger partial charge in [0.15, 0.2) is 0 Å². The van der Waals surface area contributed by atoms with Crippen LogP contribution in [-0.2, 0) is 0 Å². The van der Waals surface area contributed by atoms with Crippen LogP contribution in [0.5, 0.6) is 5.75 Å². The molecule has 98 valence electrons. The van der Waals surface area contributed by atoms with Crippen molar-refractivity contribution in [1.29, 1.82) is 0 Å². The molecule has 0 radical (unpaired) electrons. The van der Waals surface area contributed by atoms with Gasteiger partial charge < -0.3 is 9.84 Å². The fraction of sp³-hybridized carbons (Fsp3) is 0.600. The molecule has 2 fully saturated rings. The Hall–Kier alpha value is -1.06. The number of piperidine rings is 1. The molecule has 2 saturated heterocycles. The molecule has 2 aliphatic heterocycles. The van der Waals surface area contributed by atoms with Crippen molar-refractivity contribution in [2.24, 2.45) is 0 Å². The van der Waals surface area contributed by atoms with Gasteiger partial charge in [-0.3, -0.25) is 4.90 Å². The summed E-state index contributed by atoms with van der Waals surface area (Å²) in [7, 11) is 0. The van der Waals surface area contributed by atoms with Gasteiger partial charge in [0.2, 0.25) is 0 Å². The van der Waals surface area contributed by atoms with Gasteiger partial charge in [0.25, 0.3) is 0 Å². The molecule has 0 aromatic heterocycles. The van der Waals surface area contributed by atoms with E-state index in [4.69, 9.17) is 4.74 Å². The van der Waals surface area contributed by atoms with Crippen LogP contribution in [0.4, 0.5) is 0 Å². The molecule has 2 heterocycles. The summed E-state index contributed by atoms with van der Waals surface area (Å²) in [6.45, 7) is 1.73. The van der Waals surface area contributed by atoms with Crippen molar-refractivity contribution in [1.82, 2.24) is 4.90 Å². The van der Waals surface area contributed by atoms with E-state index in [0.29, 0.717) is 12.1 Å². The molecule has 0 spiro atoms. The van der Waals surface area contributed by atoms with Crippen LogP contribution in [0.15, 0.2) is 30.3 Å². The topological polar surface area (TPSA) is 32.7 Å². The molecule has 2 aliphatic rings. The minimum atomic E-state index is -0.0752. The molecule has 3 heteroatoms. The van der Waals surface area contributed by atoms with E-state index in [-0.39, 0.29) is 6.10 Å². The Morgan fingerprint density at radius 2 is 1.78 bits per heavy atom. The van der Waals surface area contributed by atoms with Gasteiger partial charge >= 0.3 is 0 Å². The maximum atomic E-state index is 9.75. The molecule has 18 heavy (non-hydrogen) atoms. The van der Waals surface area contributed by atoms with Gasteiger partial charge in [0.05, 0.1) is 6.10 Å². The van der Waals surface area contributed by atoms with Gasteiger partial charge in [-0.05, 0) is 37.8 Å². The molecule has 0 saturated carbocycles. The first-order valence-corrected chi connectivity index (χ1v) is 6.94. The van der Waals surface area contributed by atoms with Crippen LogP contribution < -0.4 is 4.74 Å². The average Bonchev–Trinajstić information content (AvgIpc) is 2.63. The first-order chi connectivity index (χ1) is 8.83. The van der Waals surface area contributed by atoms with E-state index in [2.05, 4.69) is 4.90 Å². The molecular weight excluding hydrogens is 226 g/mol. The SMILES string of the molecule is OC1CC2CCC(C1)N2CCOc1ccccc1. The van der Waals surface area contributed by atoms with Gasteiger partial charge in [0.1, 0.15) is 12.4 Å². The van der Waals surface area contributed by atoms with E-state index in [1.807, 2.05) is 30.3 Å². The summed E-state index contributed by atoms with van der Waals surface area (Å²) in [5.41, 5.74) is 0. The quantitative estimate of drug-likeness (QED) is 0.884. The van der Waals surface area contributed by atoms with E-state index in [0.717, 1.165) is 31.7 Å². The number of para-hydroxylation sites is 1. The Morgan fingerprint density at radius 3 is 2.44 bits per heavy atom. The third-order valence-corrected chi connectivity index (χ3v) is 4.22. The second-order valence-electron chi connectivity index (χ2n) is 5.41. The van der Waals surface area contributed by atoms with Gasteiger partial charge in [0, 0.05) is 18.6 Å². The summed E-state index contributed by atoms with van der Waals surface area (Å²) in [6, 6.07) is 11.1. The second-order valence-corrected chi connectivity index (χ2v) is 5.41. The first-order valence-electron chi connectivity index (χ1n) is 6.94. The highest BCUT2D eigenvalue weighted by atomic mass is 16.5. The Morgan fingerprint density at radius 1 is 1.11 bits per heavy atom. The molecule has 3 rings (SSSR count). The zero-order valence-corrected chi connectivity index (χ0v) is 10.7. The van der Waals surface area contributed by atoms with Crippen molar-refractivity contribution in [3.8, 4) is 5.75 Å². The number of ether oxygens (including phenoxy) is 1. The molecular formula is C15H21NO2. The molecule has 2 atom stereocenters. The van der Waals surface area contributed by atoms with E-state index in [9.17, 15) is 5.11 Å². The number of rotatable bonds is 4. The Kier molecular flexibility index (Phi) is 3.52. The molecule has 0 aliphatic carbocycles. The fourth-order valence-electron chi connectivity index (χ4n) is 3.40. The molecule has 2 unspecified atom stereocenters. The third-order valence-electron chi connectivity index (χ3n) is 4.22. The monoisotopic (exact) mass is 247 g/mol. The van der Waals surface area contributed by atoms with Gasteiger partial charge in [-0.2, -0.15) is 0 Å². The van der Waals surface area contributed by atoms with Crippen molar-refractivity contribution < 1.29 is 9.84 Å². The van der Waals surface area contributed by atoms with Crippen LogP contribution in [0.3, 0.4) is 0 Å². The first kappa shape index (κ1) is 12.0. The summed E-state index contributed by atoms with van der Waals surface area (Å²) in [5.74, 6) is 0.946. The maximum absolute atomic E-state index is 9.75. The standard InChI is InChI=1S/C15H21NO2/c17-14-10-12-6-7-13(11-14)16(12)8-9-18-15-4-2-1-3-5-15/h1-5,12-14,17H,6-11H2. The number of nitrogens with zero attached hydrogens (tertiary/aromatic N) is 1. The number of benzene rings is 1. The molecule has 2 bridgehead atoms. The van der Waals surface area contributed by atoms with Crippen LogP contribution in [0.25, 0.3) is 0 Å². The summed E-state index contributed by atoms with van der Waals surface area (Å²) < 4.78 is 5.76. The molecule has 0 amide bonds. The lowest BCUT2D eigenvalue weighted by molar-refractivity contribution is 0.0288. The Labute approximate surface area is 108 Å². The minimum absolute atomic E-state index is 0.0752. The van der Waals surface area contributed by atoms with Crippen LogP contribution in [-0.4, -0.2) is 41.3 Å². The normalized spacial score (nSPS) is 31.5. The van der Waals surface area contributed by atoms with Gasteiger partial charge in [-0.15, -0.1) is 0 Å². The zero-order valence-electron chi connectivity index (χ0n) is 10.7. The van der Waals surface area contributed by atoms with Crippen LogP contribution in [0.2, 0.25) is 0 Å². The summed E-state index contributed by atoms with van der Waals surface area (Å²) in [5, 5.41) is 9.75. The average molecular weight is 247 g/mol. The molecule has 1 N–H and O–H groups in total. The number of hydrogen-bond acceptors (Lipinski definition) is 3. The summed E-state index contributed by atoms with van der Waals surface area (Å²) >= 11 is 0. The Balaban J connectivity index is 1.49. The highest BCUT2D eigenvalue weighted by Gasteiger charge is 2.39. The van der Waals surface area contributed by atoms with Crippen LogP contribution >= 0.6 is 0 Å². The van der Waals surface area contributed by atoms with E-state index in [1.54, 1.807) is 0 Å². The number of aliphatic hydroxyl groups excluding tert-OH is 1. The smallest absolute Gasteiger partial charge is 0.119 e. The van der Waals surface area contributed by atoms with E-state index < -0.39 is 0 Å². The van der Waals surface area contributed by atoms with Crippen LogP contribution in [0, 0.1) is 0 Å². The van der Waals surface area contributed by atoms with Crippen molar-refractivity contribution in [2.45, 2.75) is 43.9 Å². The molecule has 1 aromatic rings. The van der Waals surface area contributed by atoms with Crippen molar-refractivity contribution >= 4 is 0 Å². The van der Waals surface area contributed by atoms with Gasteiger partial charge in [-0.1, -0.05) is 18.2 Å². The minimum Gasteiger partial charge on any atom is -0.492 e. The number of hydrogen-bond donors (Lipinski definition) is 1. The zero-order chi connectivity index (χ0) is 12.4. The number of aliphatic hydroxyl groups is 1. The van der Waals surface area contributed by atoms with E-state index >= 15 is 0 Å². The van der Waals surface area contributed by atoms with E-state index in [1.165, 1.54) is 12.8 Å². The summed E-state index contributed by atoms with van der Waals surface area (Å²) in [4.78, 5) is 2.54. The predicted octanol–water partition coefficient (Wildman–Crippen LogP) is 2.05. The summed E-state index contributed by atoms with van der Waals surface area (Å²) in [6.07, 6.45) is 4.30. The highest BCUT2D eigenvalue weighted by Crippen LogP contribution is 2.35. The second kappa shape index (κ2) is 5.29. The predicted molar refractivity (Wildman–Crippen MR) is 70.7 cm³/mol. The molecule has 3 nitrogen and oxygen atoms in total. The Bertz CT molecular complexity index is 367. The number of fused-ring (bicyclic) bond motifs is 2.